The fraction of sp³-hybridized carbons (Fsp3) is 0.280. The Kier molecular flexibility index (Phi) is 8.07. The van der Waals surface area contributed by atoms with Crippen LogP contribution in [-0.2, 0) is 0 Å². The standard InChI is InChI=1S/C25H27ClN4O2/c1-3-30(4-2)16-21(31)15-29-25(32)18-8-5-17(6-9-18)7-11-23-22-12-10-20(26)13-19(22)14-28-24(23)27/h5-6,8-10,12-14,21,31H,3-4,15-16H2,1-2H3,(H2,27,28)(H,29,32). The number of carbonyl (C=O) groups excluding carboxylic acids is 1. The van der Waals surface area contributed by atoms with Crippen LogP contribution in [0, 0.1) is 11.8 Å². The molecule has 3 rings (SSSR count). The molecule has 0 aliphatic rings. The molecule has 1 atom stereocenters. The molecule has 166 valence electrons. The van der Waals surface area contributed by atoms with Gasteiger partial charge in [-0.25, -0.2) is 4.98 Å². The van der Waals surface area contributed by atoms with E-state index < -0.39 is 6.10 Å². The van der Waals surface area contributed by atoms with E-state index in [2.05, 4.69) is 27.0 Å². The van der Waals surface area contributed by atoms with Crippen molar-refractivity contribution in [2.24, 2.45) is 0 Å². The molecule has 3 aromatic rings. The number of amides is 1. The van der Waals surface area contributed by atoms with Crippen molar-refractivity contribution in [3.8, 4) is 11.8 Å². The van der Waals surface area contributed by atoms with E-state index in [4.69, 9.17) is 17.3 Å². The Morgan fingerprint density at radius 1 is 1.19 bits per heavy atom. The zero-order valence-electron chi connectivity index (χ0n) is 18.2. The summed E-state index contributed by atoms with van der Waals surface area (Å²) in [4.78, 5) is 18.7. The van der Waals surface area contributed by atoms with Gasteiger partial charge in [0.15, 0.2) is 0 Å². The molecule has 1 amide bonds. The largest absolute Gasteiger partial charge is 0.390 e. The number of hydrogen-bond acceptors (Lipinski definition) is 5. The van der Waals surface area contributed by atoms with Crippen molar-refractivity contribution in [3.63, 3.8) is 0 Å². The number of aliphatic hydroxyl groups excluding tert-OH is 1. The number of rotatable bonds is 7. The molecular formula is C25H27ClN4O2. The van der Waals surface area contributed by atoms with Crippen LogP contribution >= 0.6 is 11.6 Å². The second-order valence-corrected chi connectivity index (χ2v) is 7.86. The van der Waals surface area contributed by atoms with Crippen molar-refractivity contribution >= 4 is 34.1 Å². The second-order valence-electron chi connectivity index (χ2n) is 7.43. The third-order valence-corrected chi connectivity index (χ3v) is 5.46. The molecule has 4 N–H and O–H groups in total. The Bertz CT molecular complexity index is 1150. The van der Waals surface area contributed by atoms with Crippen molar-refractivity contribution in [1.82, 2.24) is 15.2 Å². The first-order valence-electron chi connectivity index (χ1n) is 10.6. The normalized spacial score (nSPS) is 11.8. The third-order valence-electron chi connectivity index (χ3n) is 5.22. The van der Waals surface area contributed by atoms with Gasteiger partial charge in [0.05, 0.1) is 11.7 Å². The summed E-state index contributed by atoms with van der Waals surface area (Å²) in [7, 11) is 0. The lowest BCUT2D eigenvalue weighted by molar-refractivity contribution is 0.0869. The first kappa shape index (κ1) is 23.6. The predicted octanol–water partition coefficient (Wildman–Crippen LogP) is 3.30. The van der Waals surface area contributed by atoms with Crippen molar-refractivity contribution in [2.75, 3.05) is 31.9 Å². The van der Waals surface area contributed by atoms with Gasteiger partial charge in [0.2, 0.25) is 0 Å². The summed E-state index contributed by atoms with van der Waals surface area (Å²) in [5, 5.41) is 15.3. The Morgan fingerprint density at radius 2 is 1.91 bits per heavy atom. The van der Waals surface area contributed by atoms with Crippen molar-refractivity contribution < 1.29 is 9.90 Å². The van der Waals surface area contributed by atoms with Gasteiger partial charge < -0.3 is 21.1 Å². The minimum absolute atomic E-state index is 0.203. The minimum atomic E-state index is -0.612. The Labute approximate surface area is 193 Å². The molecule has 6 nitrogen and oxygen atoms in total. The monoisotopic (exact) mass is 450 g/mol. The molecule has 0 aliphatic carbocycles. The second kappa shape index (κ2) is 11.0. The minimum Gasteiger partial charge on any atom is -0.390 e. The molecule has 7 heteroatoms. The fourth-order valence-electron chi connectivity index (χ4n) is 3.34. The van der Waals surface area contributed by atoms with Crippen LogP contribution in [0.15, 0.2) is 48.7 Å². The molecule has 2 aromatic carbocycles. The van der Waals surface area contributed by atoms with Crippen LogP contribution in [0.2, 0.25) is 5.02 Å². The molecule has 1 aromatic heterocycles. The Hall–Kier alpha value is -3.11. The van der Waals surface area contributed by atoms with E-state index in [0.717, 1.165) is 29.4 Å². The molecule has 0 fully saturated rings. The van der Waals surface area contributed by atoms with Crippen molar-refractivity contribution in [2.45, 2.75) is 20.0 Å². The number of nitrogens with one attached hydrogen (secondary N) is 1. The van der Waals surface area contributed by atoms with Crippen LogP contribution in [0.3, 0.4) is 0 Å². The van der Waals surface area contributed by atoms with Gasteiger partial charge in [0.1, 0.15) is 5.82 Å². The quantitative estimate of drug-likeness (QED) is 0.480. The van der Waals surface area contributed by atoms with Crippen LogP contribution < -0.4 is 11.1 Å². The van der Waals surface area contributed by atoms with E-state index in [9.17, 15) is 9.90 Å². The van der Waals surface area contributed by atoms with Gasteiger partial charge in [-0.05, 0) is 49.5 Å². The van der Waals surface area contributed by atoms with Gasteiger partial charge in [0, 0.05) is 46.2 Å². The number of pyridine rings is 1. The highest BCUT2D eigenvalue weighted by molar-refractivity contribution is 6.31. The molecule has 0 spiro atoms. The topological polar surface area (TPSA) is 91.5 Å². The number of fused-ring (bicyclic) bond motifs is 1. The smallest absolute Gasteiger partial charge is 0.251 e. The predicted molar refractivity (Wildman–Crippen MR) is 130 cm³/mol. The van der Waals surface area contributed by atoms with Gasteiger partial charge in [-0.1, -0.05) is 43.4 Å². The number of nitrogen functional groups attached to an aromatic ring is 1. The van der Waals surface area contributed by atoms with Gasteiger partial charge >= 0.3 is 0 Å². The molecule has 32 heavy (non-hydrogen) atoms. The van der Waals surface area contributed by atoms with Crippen LogP contribution in [0.5, 0.6) is 0 Å². The highest BCUT2D eigenvalue weighted by Gasteiger charge is 2.12. The Morgan fingerprint density at radius 3 is 2.59 bits per heavy atom. The summed E-state index contributed by atoms with van der Waals surface area (Å²) in [5.41, 5.74) is 7.93. The van der Waals surface area contributed by atoms with Crippen LogP contribution in [0.1, 0.15) is 35.3 Å². The molecule has 1 unspecified atom stereocenters. The molecule has 0 saturated carbocycles. The average molecular weight is 451 g/mol. The number of likely N-dealkylation sites (N-methyl/N-ethyl adjacent to an activating group) is 1. The fourth-order valence-corrected chi connectivity index (χ4v) is 3.52. The summed E-state index contributed by atoms with van der Waals surface area (Å²) in [6.45, 7) is 6.53. The first-order chi connectivity index (χ1) is 15.4. The van der Waals surface area contributed by atoms with Crippen LogP contribution in [0.25, 0.3) is 10.8 Å². The lowest BCUT2D eigenvalue weighted by Crippen LogP contribution is -2.40. The van der Waals surface area contributed by atoms with Crippen LogP contribution in [-0.4, -0.2) is 53.2 Å². The molecule has 1 heterocycles. The number of nitrogens with two attached hydrogens (primary N) is 1. The highest BCUT2D eigenvalue weighted by atomic mass is 35.5. The number of aromatic nitrogens is 1. The molecule has 0 saturated heterocycles. The number of halogens is 1. The number of anilines is 1. The summed E-state index contributed by atoms with van der Waals surface area (Å²) >= 11 is 6.06. The summed E-state index contributed by atoms with van der Waals surface area (Å²) in [5.74, 6) is 6.29. The van der Waals surface area contributed by atoms with E-state index in [-0.39, 0.29) is 12.5 Å². The van der Waals surface area contributed by atoms with Gasteiger partial charge in [-0.2, -0.15) is 0 Å². The number of hydrogen-bond donors (Lipinski definition) is 3. The number of carbonyl (C=O) groups is 1. The van der Waals surface area contributed by atoms with E-state index in [1.165, 1.54) is 0 Å². The number of nitrogens with zero attached hydrogens (tertiary/aromatic N) is 2. The molecule has 0 radical (unpaired) electrons. The van der Waals surface area contributed by atoms with Gasteiger partial charge in [-0.15, -0.1) is 0 Å². The zero-order chi connectivity index (χ0) is 23.1. The molecule has 0 aliphatic heterocycles. The average Bonchev–Trinajstić information content (AvgIpc) is 2.80. The van der Waals surface area contributed by atoms with Gasteiger partial charge in [-0.3, -0.25) is 4.79 Å². The SMILES string of the molecule is CCN(CC)CC(O)CNC(=O)c1ccc(C#Cc2c(N)ncc3cc(Cl)ccc23)cc1. The highest BCUT2D eigenvalue weighted by Crippen LogP contribution is 2.24. The maximum atomic E-state index is 12.4. The van der Waals surface area contributed by atoms with E-state index in [1.807, 2.05) is 26.0 Å². The van der Waals surface area contributed by atoms with Crippen LogP contribution in [0.4, 0.5) is 5.82 Å². The third kappa shape index (κ3) is 5.98. The van der Waals surface area contributed by atoms with E-state index in [1.54, 1.807) is 36.5 Å². The van der Waals surface area contributed by atoms with Crippen molar-refractivity contribution in [3.05, 3.63) is 70.4 Å². The first-order valence-corrected chi connectivity index (χ1v) is 10.9. The molecular weight excluding hydrogens is 424 g/mol. The lowest BCUT2D eigenvalue weighted by Gasteiger charge is -2.22. The number of aliphatic hydroxyl groups is 1. The Balaban J connectivity index is 1.67. The summed E-state index contributed by atoms with van der Waals surface area (Å²) in [6, 6.07) is 12.5. The molecule has 0 bridgehead atoms. The maximum Gasteiger partial charge on any atom is 0.251 e. The zero-order valence-corrected chi connectivity index (χ0v) is 19.0. The van der Waals surface area contributed by atoms with E-state index in [0.29, 0.717) is 28.5 Å². The van der Waals surface area contributed by atoms with Gasteiger partial charge in [0.25, 0.3) is 5.91 Å². The number of benzene rings is 2. The summed E-state index contributed by atoms with van der Waals surface area (Å²) < 4.78 is 0. The summed E-state index contributed by atoms with van der Waals surface area (Å²) in [6.07, 6.45) is 1.06. The van der Waals surface area contributed by atoms with E-state index >= 15 is 0 Å². The maximum absolute atomic E-state index is 12.4. The lowest BCUT2D eigenvalue weighted by atomic mass is 10.1. The van der Waals surface area contributed by atoms with Crippen molar-refractivity contribution in [1.29, 1.82) is 0 Å².